The van der Waals surface area contributed by atoms with Crippen LogP contribution in [0.1, 0.15) is 12.5 Å². The molecular formula is C20H18FN3O5. The molecule has 2 amide bonds. The largest absolute Gasteiger partial charge is 0.442 e. The number of amides is 2. The Labute approximate surface area is 165 Å². The molecule has 0 aliphatic carbocycles. The fourth-order valence-corrected chi connectivity index (χ4v) is 2.92. The van der Waals surface area contributed by atoms with Gasteiger partial charge in [-0.15, -0.1) is 0 Å². The summed E-state index contributed by atoms with van der Waals surface area (Å²) in [6, 6.07) is 11.0. The molecule has 3 rings (SSSR count). The number of halogens is 1. The van der Waals surface area contributed by atoms with Crippen LogP contribution in [0.3, 0.4) is 0 Å². The minimum atomic E-state index is -0.602. The first-order valence-corrected chi connectivity index (χ1v) is 8.78. The Bertz CT molecular complexity index is 975. The Balaban J connectivity index is 1.74. The van der Waals surface area contributed by atoms with E-state index in [-0.39, 0.29) is 19.0 Å². The minimum absolute atomic E-state index is 0.190. The second-order valence-electron chi connectivity index (χ2n) is 6.44. The van der Waals surface area contributed by atoms with Crippen molar-refractivity contribution in [1.82, 2.24) is 5.32 Å². The fourth-order valence-electron chi connectivity index (χ4n) is 2.92. The normalized spacial score (nSPS) is 16.1. The third kappa shape index (κ3) is 4.95. The number of nitro groups is 1. The number of cyclic esters (lactones) is 1. The second-order valence-corrected chi connectivity index (χ2v) is 6.44. The number of hydrogen-bond donors (Lipinski definition) is 1. The molecule has 0 spiro atoms. The van der Waals surface area contributed by atoms with Crippen LogP contribution in [0.25, 0.3) is 17.2 Å². The van der Waals surface area contributed by atoms with Crippen molar-refractivity contribution < 1.29 is 23.6 Å². The molecule has 0 unspecified atom stereocenters. The van der Waals surface area contributed by atoms with Gasteiger partial charge >= 0.3 is 6.09 Å². The molecule has 0 radical (unpaired) electrons. The number of ether oxygens (including phenoxy) is 1. The first-order chi connectivity index (χ1) is 13.8. The zero-order chi connectivity index (χ0) is 21.0. The average Bonchev–Trinajstić information content (AvgIpc) is 3.06. The minimum Gasteiger partial charge on any atom is -0.442 e. The van der Waals surface area contributed by atoms with Crippen LogP contribution in [0, 0.1) is 15.9 Å². The van der Waals surface area contributed by atoms with E-state index in [4.69, 9.17) is 4.74 Å². The molecule has 8 nitrogen and oxygen atoms in total. The molecule has 1 aliphatic heterocycles. The van der Waals surface area contributed by atoms with E-state index in [9.17, 15) is 24.1 Å². The van der Waals surface area contributed by atoms with Crippen molar-refractivity contribution >= 4 is 23.8 Å². The van der Waals surface area contributed by atoms with E-state index in [1.807, 2.05) is 0 Å². The Morgan fingerprint density at radius 1 is 1.34 bits per heavy atom. The molecule has 1 aliphatic rings. The highest BCUT2D eigenvalue weighted by atomic mass is 19.1. The number of rotatable bonds is 6. The molecule has 1 N–H and O–H groups in total. The molecule has 0 aromatic heterocycles. The zero-order valence-electron chi connectivity index (χ0n) is 15.5. The molecule has 1 saturated heterocycles. The summed E-state index contributed by atoms with van der Waals surface area (Å²) in [7, 11) is 0. The Hall–Kier alpha value is -3.75. The highest BCUT2D eigenvalue weighted by Crippen LogP contribution is 2.29. The second kappa shape index (κ2) is 8.51. The SMILES string of the molecule is CC(=O)NC[C@H]1CN(c2ccc(-c3ccc(/C=C/[N+](=O)[O-])cc3)c(F)c2)C(=O)O1. The van der Waals surface area contributed by atoms with Crippen molar-refractivity contribution in [2.24, 2.45) is 0 Å². The van der Waals surface area contributed by atoms with E-state index in [0.717, 1.165) is 6.20 Å². The average molecular weight is 399 g/mol. The Kier molecular flexibility index (Phi) is 5.87. The summed E-state index contributed by atoms with van der Waals surface area (Å²) in [5, 5.41) is 13.0. The molecule has 150 valence electrons. The lowest BCUT2D eigenvalue weighted by atomic mass is 10.0. The molecule has 9 heteroatoms. The van der Waals surface area contributed by atoms with E-state index in [1.165, 1.54) is 24.0 Å². The van der Waals surface area contributed by atoms with Crippen LogP contribution in [0.4, 0.5) is 14.9 Å². The van der Waals surface area contributed by atoms with Crippen molar-refractivity contribution in [2.45, 2.75) is 13.0 Å². The molecule has 2 aromatic rings. The molecule has 2 aromatic carbocycles. The van der Waals surface area contributed by atoms with Gasteiger partial charge in [0.1, 0.15) is 11.9 Å². The smallest absolute Gasteiger partial charge is 0.414 e. The number of nitrogens with zero attached hydrogens (tertiary/aromatic N) is 2. The Morgan fingerprint density at radius 3 is 2.69 bits per heavy atom. The van der Waals surface area contributed by atoms with Gasteiger partial charge in [0.15, 0.2) is 0 Å². The quantitative estimate of drug-likeness (QED) is 0.594. The summed E-state index contributed by atoms with van der Waals surface area (Å²) in [4.78, 5) is 34.2. The van der Waals surface area contributed by atoms with Gasteiger partial charge in [0.25, 0.3) is 0 Å². The monoisotopic (exact) mass is 399 g/mol. The van der Waals surface area contributed by atoms with Crippen LogP contribution in [0.2, 0.25) is 0 Å². The standard InChI is InChI=1S/C20H18FN3O5/c1-13(25)22-11-17-12-23(20(26)29-17)16-6-7-18(19(21)10-16)15-4-2-14(3-5-15)8-9-24(27)28/h2-10,17H,11-12H2,1H3,(H,22,25)/b9-8+/t17-/m0/s1. The third-order valence-corrected chi connectivity index (χ3v) is 4.33. The van der Waals surface area contributed by atoms with Crippen LogP contribution in [-0.4, -0.2) is 36.1 Å². The third-order valence-electron chi connectivity index (χ3n) is 4.33. The van der Waals surface area contributed by atoms with Crippen molar-refractivity contribution in [2.75, 3.05) is 18.0 Å². The number of carbonyl (C=O) groups is 2. The van der Waals surface area contributed by atoms with Crippen LogP contribution in [-0.2, 0) is 9.53 Å². The molecule has 1 atom stereocenters. The van der Waals surface area contributed by atoms with E-state index in [2.05, 4.69) is 5.32 Å². The summed E-state index contributed by atoms with van der Waals surface area (Å²) in [6.07, 6.45) is 1.07. The number of nitrogens with one attached hydrogen (secondary N) is 1. The first-order valence-electron chi connectivity index (χ1n) is 8.78. The van der Waals surface area contributed by atoms with Crippen LogP contribution in [0.5, 0.6) is 0 Å². The van der Waals surface area contributed by atoms with Gasteiger partial charge < -0.3 is 10.1 Å². The van der Waals surface area contributed by atoms with Gasteiger partial charge in [0.2, 0.25) is 12.1 Å². The zero-order valence-corrected chi connectivity index (χ0v) is 15.5. The van der Waals surface area contributed by atoms with Crippen molar-refractivity contribution in [3.8, 4) is 11.1 Å². The van der Waals surface area contributed by atoms with Gasteiger partial charge in [-0.2, -0.15) is 0 Å². The van der Waals surface area contributed by atoms with Crippen molar-refractivity contribution in [3.05, 3.63) is 70.2 Å². The summed E-state index contributed by atoms with van der Waals surface area (Å²) >= 11 is 0. The fraction of sp³-hybridized carbons (Fsp3) is 0.200. The molecular weight excluding hydrogens is 381 g/mol. The number of carbonyl (C=O) groups excluding carboxylic acids is 2. The lowest BCUT2D eigenvalue weighted by Gasteiger charge is -2.14. The van der Waals surface area contributed by atoms with Gasteiger partial charge in [0, 0.05) is 18.6 Å². The lowest BCUT2D eigenvalue weighted by Crippen LogP contribution is -2.33. The van der Waals surface area contributed by atoms with E-state index >= 15 is 0 Å². The van der Waals surface area contributed by atoms with Crippen LogP contribution >= 0.6 is 0 Å². The van der Waals surface area contributed by atoms with Gasteiger partial charge in [0.05, 0.1) is 23.7 Å². The van der Waals surface area contributed by atoms with Crippen molar-refractivity contribution in [1.29, 1.82) is 0 Å². The predicted molar refractivity (Wildman–Crippen MR) is 104 cm³/mol. The summed E-state index contributed by atoms with van der Waals surface area (Å²) < 4.78 is 19.9. The van der Waals surface area contributed by atoms with Gasteiger partial charge in [-0.05, 0) is 29.3 Å². The molecule has 1 fully saturated rings. The van der Waals surface area contributed by atoms with E-state index < -0.39 is 22.9 Å². The maximum atomic E-state index is 14.7. The van der Waals surface area contributed by atoms with E-state index in [0.29, 0.717) is 22.4 Å². The van der Waals surface area contributed by atoms with Crippen LogP contribution in [0.15, 0.2) is 48.7 Å². The number of hydrogen-bond acceptors (Lipinski definition) is 5. The Morgan fingerprint density at radius 2 is 2.07 bits per heavy atom. The van der Waals surface area contributed by atoms with Gasteiger partial charge in [-0.25, -0.2) is 9.18 Å². The number of anilines is 1. The molecule has 1 heterocycles. The van der Waals surface area contributed by atoms with E-state index in [1.54, 1.807) is 36.4 Å². The maximum Gasteiger partial charge on any atom is 0.414 e. The topological polar surface area (TPSA) is 102 Å². The number of benzene rings is 2. The molecule has 29 heavy (non-hydrogen) atoms. The first kappa shape index (κ1) is 20.0. The predicted octanol–water partition coefficient (Wildman–Crippen LogP) is 3.20. The van der Waals surface area contributed by atoms with Crippen LogP contribution < -0.4 is 10.2 Å². The molecule has 0 bridgehead atoms. The summed E-state index contributed by atoms with van der Waals surface area (Å²) in [5.41, 5.74) is 1.90. The summed E-state index contributed by atoms with van der Waals surface area (Å²) in [6.45, 7) is 1.76. The maximum absolute atomic E-state index is 14.7. The van der Waals surface area contributed by atoms with Gasteiger partial charge in [-0.3, -0.25) is 19.8 Å². The highest BCUT2D eigenvalue weighted by Gasteiger charge is 2.32. The highest BCUT2D eigenvalue weighted by molar-refractivity contribution is 5.90. The summed E-state index contributed by atoms with van der Waals surface area (Å²) in [5.74, 6) is -0.746. The van der Waals surface area contributed by atoms with Crippen molar-refractivity contribution in [3.63, 3.8) is 0 Å². The lowest BCUT2D eigenvalue weighted by molar-refractivity contribution is -0.400. The van der Waals surface area contributed by atoms with Gasteiger partial charge in [-0.1, -0.05) is 24.3 Å². The molecule has 0 saturated carbocycles.